The second kappa shape index (κ2) is 9.53. The van der Waals surface area contributed by atoms with Gasteiger partial charge in [-0.1, -0.05) is 12.1 Å². The van der Waals surface area contributed by atoms with Crippen LogP contribution in [0.1, 0.15) is 45.6 Å². The summed E-state index contributed by atoms with van der Waals surface area (Å²) in [5.41, 5.74) is 0.279. The van der Waals surface area contributed by atoms with E-state index in [1.54, 1.807) is 23.1 Å². The Hall–Kier alpha value is -2.37. The van der Waals surface area contributed by atoms with Crippen LogP contribution in [0.5, 0.6) is 0 Å². The Bertz CT molecular complexity index is 665. The highest BCUT2D eigenvalue weighted by Gasteiger charge is 2.27. The summed E-state index contributed by atoms with van der Waals surface area (Å²) < 4.78 is 18.3. The van der Waals surface area contributed by atoms with E-state index in [1.165, 1.54) is 18.2 Å². The molecule has 0 bridgehead atoms. The molecule has 1 aromatic carbocycles. The SMILES string of the molecule is CC(C)(C)OC(=O)N1CCCC(CCNC(=O)/C=C/c2ccc(F)cc2)C1. The highest BCUT2D eigenvalue weighted by Crippen LogP contribution is 2.21. The van der Waals surface area contributed by atoms with Crippen molar-refractivity contribution in [3.63, 3.8) is 0 Å². The maximum atomic E-state index is 12.9. The van der Waals surface area contributed by atoms with Crippen molar-refractivity contribution in [3.05, 3.63) is 41.7 Å². The summed E-state index contributed by atoms with van der Waals surface area (Å²) in [7, 11) is 0. The van der Waals surface area contributed by atoms with E-state index in [9.17, 15) is 14.0 Å². The summed E-state index contributed by atoms with van der Waals surface area (Å²) >= 11 is 0. The van der Waals surface area contributed by atoms with Crippen LogP contribution in [-0.4, -0.2) is 42.1 Å². The predicted molar refractivity (Wildman–Crippen MR) is 104 cm³/mol. The number of carbonyl (C=O) groups excluding carboxylic acids is 2. The Kier molecular flexibility index (Phi) is 7.39. The summed E-state index contributed by atoms with van der Waals surface area (Å²) in [6.07, 6.45) is 5.64. The lowest BCUT2D eigenvalue weighted by Gasteiger charge is -2.34. The molecule has 0 saturated carbocycles. The number of benzene rings is 1. The fourth-order valence-electron chi connectivity index (χ4n) is 3.00. The Morgan fingerprint density at radius 1 is 1.30 bits per heavy atom. The van der Waals surface area contributed by atoms with Gasteiger partial charge in [-0.3, -0.25) is 4.79 Å². The lowest BCUT2D eigenvalue weighted by atomic mass is 9.95. The van der Waals surface area contributed by atoms with Crippen molar-refractivity contribution >= 4 is 18.1 Å². The van der Waals surface area contributed by atoms with Gasteiger partial charge in [-0.05, 0) is 69.7 Å². The van der Waals surface area contributed by atoms with Crippen LogP contribution in [0.2, 0.25) is 0 Å². The van der Waals surface area contributed by atoms with E-state index in [-0.39, 0.29) is 17.8 Å². The number of amides is 2. The third-order valence-corrected chi connectivity index (χ3v) is 4.32. The van der Waals surface area contributed by atoms with Crippen LogP contribution in [0, 0.1) is 11.7 Å². The number of carbonyl (C=O) groups is 2. The molecule has 0 radical (unpaired) electrons. The van der Waals surface area contributed by atoms with Crippen LogP contribution in [0.3, 0.4) is 0 Å². The lowest BCUT2D eigenvalue weighted by molar-refractivity contribution is -0.116. The van der Waals surface area contributed by atoms with E-state index in [0.717, 1.165) is 31.4 Å². The number of hydrogen-bond acceptors (Lipinski definition) is 3. The molecular weight excluding hydrogens is 347 g/mol. The molecule has 1 unspecified atom stereocenters. The molecule has 2 amide bonds. The highest BCUT2D eigenvalue weighted by atomic mass is 19.1. The van der Waals surface area contributed by atoms with Crippen LogP contribution < -0.4 is 5.32 Å². The highest BCUT2D eigenvalue weighted by molar-refractivity contribution is 5.91. The molecule has 1 fully saturated rings. The zero-order chi connectivity index (χ0) is 19.9. The lowest BCUT2D eigenvalue weighted by Crippen LogP contribution is -2.43. The summed E-state index contributed by atoms with van der Waals surface area (Å²) in [5.74, 6) is -0.128. The summed E-state index contributed by atoms with van der Waals surface area (Å²) in [6.45, 7) is 7.53. The number of likely N-dealkylation sites (tertiary alicyclic amines) is 1. The van der Waals surface area contributed by atoms with Crippen LogP contribution in [-0.2, 0) is 9.53 Å². The first kappa shape index (κ1) is 20.9. The van der Waals surface area contributed by atoms with Crippen LogP contribution >= 0.6 is 0 Å². The monoisotopic (exact) mass is 376 g/mol. The van der Waals surface area contributed by atoms with E-state index in [0.29, 0.717) is 19.0 Å². The fourth-order valence-corrected chi connectivity index (χ4v) is 3.00. The molecule has 0 aliphatic carbocycles. The normalized spacial score (nSPS) is 17.8. The van der Waals surface area contributed by atoms with E-state index in [4.69, 9.17) is 4.74 Å². The molecule has 1 saturated heterocycles. The van der Waals surface area contributed by atoms with Crippen molar-refractivity contribution < 1.29 is 18.7 Å². The minimum atomic E-state index is -0.491. The molecule has 27 heavy (non-hydrogen) atoms. The van der Waals surface area contributed by atoms with E-state index in [1.807, 2.05) is 20.8 Å². The Morgan fingerprint density at radius 3 is 2.67 bits per heavy atom. The van der Waals surface area contributed by atoms with Gasteiger partial charge in [0.15, 0.2) is 0 Å². The summed E-state index contributed by atoms with van der Waals surface area (Å²) in [4.78, 5) is 25.8. The smallest absolute Gasteiger partial charge is 0.410 e. The van der Waals surface area contributed by atoms with Crippen LogP contribution in [0.4, 0.5) is 9.18 Å². The van der Waals surface area contributed by atoms with Crippen LogP contribution in [0.15, 0.2) is 30.3 Å². The molecular formula is C21H29FN2O3. The number of hydrogen-bond donors (Lipinski definition) is 1. The first-order chi connectivity index (χ1) is 12.7. The third kappa shape index (κ3) is 7.81. The number of piperidine rings is 1. The second-order valence-corrected chi connectivity index (χ2v) is 7.90. The largest absolute Gasteiger partial charge is 0.444 e. The Morgan fingerprint density at radius 2 is 2.00 bits per heavy atom. The van der Waals surface area contributed by atoms with Crippen molar-refractivity contribution in [2.45, 2.75) is 45.6 Å². The van der Waals surface area contributed by atoms with Crippen LogP contribution in [0.25, 0.3) is 6.08 Å². The standard InChI is InChI=1S/C21H29FN2O3/c1-21(2,3)27-20(26)24-14-4-5-17(15-24)12-13-23-19(25)11-8-16-6-9-18(22)10-7-16/h6-11,17H,4-5,12-15H2,1-3H3,(H,23,25)/b11-8+. The summed E-state index contributed by atoms with van der Waals surface area (Å²) in [6, 6.07) is 5.95. The number of nitrogens with zero attached hydrogens (tertiary/aromatic N) is 1. The number of nitrogens with one attached hydrogen (secondary N) is 1. The van der Waals surface area contributed by atoms with Gasteiger partial charge in [-0.25, -0.2) is 9.18 Å². The molecule has 6 heteroatoms. The molecule has 0 aromatic heterocycles. The van der Waals surface area contributed by atoms with Crippen molar-refractivity contribution in [1.29, 1.82) is 0 Å². The third-order valence-electron chi connectivity index (χ3n) is 4.32. The minimum Gasteiger partial charge on any atom is -0.444 e. The van der Waals surface area contributed by atoms with Gasteiger partial charge in [0, 0.05) is 25.7 Å². The maximum Gasteiger partial charge on any atom is 0.410 e. The van der Waals surface area contributed by atoms with Gasteiger partial charge >= 0.3 is 6.09 Å². The van der Waals surface area contributed by atoms with Gasteiger partial charge in [0.1, 0.15) is 11.4 Å². The van der Waals surface area contributed by atoms with Crippen molar-refractivity contribution in [3.8, 4) is 0 Å². The minimum absolute atomic E-state index is 0.181. The van der Waals surface area contributed by atoms with E-state index in [2.05, 4.69) is 5.32 Å². The zero-order valence-electron chi connectivity index (χ0n) is 16.3. The van der Waals surface area contributed by atoms with Crippen molar-refractivity contribution in [1.82, 2.24) is 10.2 Å². The maximum absolute atomic E-state index is 12.9. The van der Waals surface area contributed by atoms with Gasteiger partial charge in [0.2, 0.25) is 5.91 Å². The molecule has 0 spiro atoms. The number of ether oxygens (including phenoxy) is 1. The number of halogens is 1. The van der Waals surface area contributed by atoms with Crippen molar-refractivity contribution in [2.24, 2.45) is 5.92 Å². The molecule has 2 rings (SSSR count). The van der Waals surface area contributed by atoms with Gasteiger partial charge in [-0.2, -0.15) is 0 Å². The van der Waals surface area contributed by atoms with Gasteiger partial charge in [-0.15, -0.1) is 0 Å². The first-order valence-corrected chi connectivity index (χ1v) is 9.42. The molecule has 1 atom stereocenters. The van der Waals surface area contributed by atoms with Crippen molar-refractivity contribution in [2.75, 3.05) is 19.6 Å². The van der Waals surface area contributed by atoms with Gasteiger partial charge in [0.05, 0.1) is 0 Å². The fraction of sp³-hybridized carbons (Fsp3) is 0.524. The number of rotatable bonds is 5. The summed E-state index contributed by atoms with van der Waals surface area (Å²) in [5, 5.41) is 2.86. The molecule has 1 N–H and O–H groups in total. The quantitative estimate of drug-likeness (QED) is 0.791. The van der Waals surface area contributed by atoms with Gasteiger partial charge < -0.3 is 15.0 Å². The van der Waals surface area contributed by atoms with Gasteiger partial charge in [0.25, 0.3) is 0 Å². The second-order valence-electron chi connectivity index (χ2n) is 7.90. The molecule has 148 valence electrons. The average molecular weight is 376 g/mol. The first-order valence-electron chi connectivity index (χ1n) is 9.42. The Balaban J connectivity index is 1.72. The molecule has 1 heterocycles. The predicted octanol–water partition coefficient (Wildman–Crippen LogP) is 3.99. The zero-order valence-corrected chi connectivity index (χ0v) is 16.3. The van der Waals surface area contributed by atoms with E-state index < -0.39 is 5.60 Å². The average Bonchev–Trinajstić information content (AvgIpc) is 2.60. The Labute approximate surface area is 160 Å². The molecule has 1 aliphatic heterocycles. The molecule has 1 aliphatic rings. The van der Waals surface area contributed by atoms with E-state index >= 15 is 0 Å². The topological polar surface area (TPSA) is 58.6 Å². The molecule has 1 aromatic rings. The molecule has 5 nitrogen and oxygen atoms in total.